The van der Waals surface area contributed by atoms with Crippen LogP contribution in [-0.2, 0) is 0 Å². The third-order valence-electron chi connectivity index (χ3n) is 4.13. The standard InChI is InChI=1S/C17H22N4/c1-12-3-4-13(2)15(11-12)16-5-8-19-17(20-16)21-9-6-14(18)7-10-21/h3-5,8,11,14H,6-7,9-10,18H2,1-2H3. The number of rotatable bonds is 2. The average Bonchev–Trinajstić information content (AvgIpc) is 2.50. The summed E-state index contributed by atoms with van der Waals surface area (Å²) in [6.07, 6.45) is 3.88. The van der Waals surface area contributed by atoms with Crippen LogP contribution >= 0.6 is 0 Å². The number of hydrogen-bond donors (Lipinski definition) is 1. The van der Waals surface area contributed by atoms with Crippen molar-refractivity contribution < 1.29 is 0 Å². The first-order chi connectivity index (χ1) is 10.1. The van der Waals surface area contributed by atoms with Gasteiger partial charge >= 0.3 is 0 Å². The number of aromatic nitrogens is 2. The first kappa shape index (κ1) is 14.0. The van der Waals surface area contributed by atoms with E-state index in [1.165, 1.54) is 16.7 Å². The molecule has 0 atom stereocenters. The second-order valence-electron chi connectivity index (χ2n) is 5.88. The van der Waals surface area contributed by atoms with E-state index in [2.05, 4.69) is 41.9 Å². The minimum Gasteiger partial charge on any atom is -0.341 e. The van der Waals surface area contributed by atoms with Gasteiger partial charge in [-0.3, -0.25) is 0 Å². The fourth-order valence-corrected chi connectivity index (χ4v) is 2.76. The molecule has 2 aromatic rings. The quantitative estimate of drug-likeness (QED) is 0.920. The molecule has 0 aliphatic carbocycles. The maximum Gasteiger partial charge on any atom is 0.225 e. The van der Waals surface area contributed by atoms with Crippen molar-refractivity contribution in [3.05, 3.63) is 41.6 Å². The SMILES string of the molecule is Cc1ccc(C)c(-c2ccnc(N3CCC(N)CC3)n2)c1. The van der Waals surface area contributed by atoms with Gasteiger partial charge in [-0.2, -0.15) is 0 Å². The molecule has 2 N–H and O–H groups in total. The molecule has 0 bridgehead atoms. The second kappa shape index (κ2) is 5.82. The fraction of sp³-hybridized carbons (Fsp3) is 0.412. The molecular weight excluding hydrogens is 260 g/mol. The predicted octanol–water partition coefficient (Wildman–Crippen LogP) is 2.69. The molecule has 0 unspecified atom stereocenters. The topological polar surface area (TPSA) is 55.0 Å². The van der Waals surface area contributed by atoms with E-state index in [9.17, 15) is 0 Å². The highest BCUT2D eigenvalue weighted by molar-refractivity contribution is 5.65. The van der Waals surface area contributed by atoms with Crippen LogP contribution in [0.2, 0.25) is 0 Å². The van der Waals surface area contributed by atoms with Gasteiger partial charge in [0.15, 0.2) is 0 Å². The normalized spacial score (nSPS) is 16.2. The molecule has 2 heterocycles. The molecule has 3 rings (SSSR count). The Morgan fingerprint density at radius 1 is 1.14 bits per heavy atom. The van der Waals surface area contributed by atoms with Crippen LogP contribution in [0.25, 0.3) is 11.3 Å². The van der Waals surface area contributed by atoms with Crippen LogP contribution in [0.4, 0.5) is 5.95 Å². The Labute approximate surface area is 126 Å². The van der Waals surface area contributed by atoms with Gasteiger partial charge in [-0.15, -0.1) is 0 Å². The first-order valence-corrected chi connectivity index (χ1v) is 7.54. The van der Waals surface area contributed by atoms with Gasteiger partial charge in [-0.05, 0) is 44.4 Å². The van der Waals surface area contributed by atoms with Crippen LogP contribution < -0.4 is 10.6 Å². The molecule has 1 saturated heterocycles. The van der Waals surface area contributed by atoms with Crippen molar-refractivity contribution in [3.8, 4) is 11.3 Å². The maximum atomic E-state index is 5.97. The van der Waals surface area contributed by atoms with Crippen molar-refractivity contribution in [3.63, 3.8) is 0 Å². The number of nitrogens with two attached hydrogens (primary N) is 1. The molecule has 1 aliphatic heterocycles. The number of hydrogen-bond acceptors (Lipinski definition) is 4. The van der Waals surface area contributed by atoms with E-state index in [4.69, 9.17) is 10.7 Å². The molecule has 4 nitrogen and oxygen atoms in total. The smallest absolute Gasteiger partial charge is 0.225 e. The number of anilines is 1. The van der Waals surface area contributed by atoms with Crippen molar-refractivity contribution in [1.29, 1.82) is 0 Å². The van der Waals surface area contributed by atoms with Crippen LogP contribution in [0.3, 0.4) is 0 Å². The Bertz CT molecular complexity index is 630. The summed E-state index contributed by atoms with van der Waals surface area (Å²) in [5, 5.41) is 0. The van der Waals surface area contributed by atoms with Crippen LogP contribution in [0.1, 0.15) is 24.0 Å². The highest BCUT2D eigenvalue weighted by Crippen LogP contribution is 2.24. The molecule has 0 spiro atoms. The van der Waals surface area contributed by atoms with E-state index in [0.717, 1.165) is 37.6 Å². The molecule has 0 amide bonds. The van der Waals surface area contributed by atoms with Gasteiger partial charge in [0.05, 0.1) is 5.69 Å². The highest BCUT2D eigenvalue weighted by atomic mass is 15.3. The lowest BCUT2D eigenvalue weighted by atomic mass is 10.0. The number of aryl methyl sites for hydroxylation is 2. The third-order valence-corrected chi connectivity index (χ3v) is 4.13. The van der Waals surface area contributed by atoms with E-state index in [1.807, 2.05) is 12.3 Å². The Morgan fingerprint density at radius 2 is 1.90 bits per heavy atom. The highest BCUT2D eigenvalue weighted by Gasteiger charge is 2.18. The lowest BCUT2D eigenvalue weighted by Gasteiger charge is -2.30. The molecule has 1 aromatic carbocycles. The summed E-state index contributed by atoms with van der Waals surface area (Å²) in [5.74, 6) is 0.820. The minimum absolute atomic E-state index is 0.323. The van der Waals surface area contributed by atoms with Crippen LogP contribution in [0, 0.1) is 13.8 Å². The largest absolute Gasteiger partial charge is 0.341 e. The zero-order chi connectivity index (χ0) is 14.8. The van der Waals surface area contributed by atoms with Crippen molar-refractivity contribution in [2.45, 2.75) is 32.7 Å². The third kappa shape index (κ3) is 3.05. The molecule has 4 heteroatoms. The zero-order valence-corrected chi connectivity index (χ0v) is 12.7. The van der Waals surface area contributed by atoms with Gasteiger partial charge in [0.2, 0.25) is 5.95 Å². The molecule has 0 radical (unpaired) electrons. The zero-order valence-electron chi connectivity index (χ0n) is 12.7. The van der Waals surface area contributed by atoms with E-state index >= 15 is 0 Å². The fourth-order valence-electron chi connectivity index (χ4n) is 2.76. The van der Waals surface area contributed by atoms with Crippen molar-refractivity contribution in [2.75, 3.05) is 18.0 Å². The van der Waals surface area contributed by atoms with Crippen molar-refractivity contribution in [1.82, 2.24) is 9.97 Å². The molecule has 1 aromatic heterocycles. The number of piperidine rings is 1. The average molecular weight is 282 g/mol. The lowest BCUT2D eigenvalue weighted by molar-refractivity contribution is 0.495. The van der Waals surface area contributed by atoms with Gasteiger partial charge in [-0.25, -0.2) is 9.97 Å². The van der Waals surface area contributed by atoms with Crippen LogP contribution in [-0.4, -0.2) is 29.1 Å². The Kier molecular flexibility index (Phi) is 3.88. The monoisotopic (exact) mass is 282 g/mol. The summed E-state index contributed by atoms with van der Waals surface area (Å²) in [6, 6.07) is 8.77. The van der Waals surface area contributed by atoms with Gasteiger partial charge < -0.3 is 10.6 Å². The Balaban J connectivity index is 1.91. The van der Waals surface area contributed by atoms with Gasteiger partial charge in [0.25, 0.3) is 0 Å². The molecule has 1 aliphatic rings. The summed E-state index contributed by atoms with van der Waals surface area (Å²) in [5.41, 5.74) is 10.6. The molecule has 0 saturated carbocycles. The van der Waals surface area contributed by atoms with Crippen molar-refractivity contribution >= 4 is 5.95 Å². The summed E-state index contributed by atoms with van der Waals surface area (Å²) in [6.45, 7) is 6.11. The lowest BCUT2D eigenvalue weighted by Crippen LogP contribution is -2.40. The van der Waals surface area contributed by atoms with Crippen LogP contribution in [0.15, 0.2) is 30.5 Å². The van der Waals surface area contributed by atoms with Crippen LogP contribution in [0.5, 0.6) is 0 Å². The van der Waals surface area contributed by atoms with Crippen molar-refractivity contribution in [2.24, 2.45) is 5.73 Å². The summed E-state index contributed by atoms with van der Waals surface area (Å²) in [7, 11) is 0. The molecular formula is C17H22N4. The Hall–Kier alpha value is -1.94. The maximum absolute atomic E-state index is 5.97. The van der Waals surface area contributed by atoms with E-state index < -0.39 is 0 Å². The van der Waals surface area contributed by atoms with Gasteiger partial charge in [0, 0.05) is 30.9 Å². The summed E-state index contributed by atoms with van der Waals surface area (Å²) < 4.78 is 0. The van der Waals surface area contributed by atoms with E-state index in [-0.39, 0.29) is 0 Å². The molecule has 110 valence electrons. The van der Waals surface area contributed by atoms with E-state index in [0.29, 0.717) is 6.04 Å². The van der Waals surface area contributed by atoms with Gasteiger partial charge in [0.1, 0.15) is 0 Å². The number of nitrogens with zero attached hydrogens (tertiary/aromatic N) is 3. The molecule has 1 fully saturated rings. The summed E-state index contributed by atoms with van der Waals surface area (Å²) in [4.78, 5) is 11.4. The van der Waals surface area contributed by atoms with E-state index in [1.54, 1.807) is 0 Å². The predicted molar refractivity (Wildman–Crippen MR) is 86.4 cm³/mol. The molecule has 21 heavy (non-hydrogen) atoms. The first-order valence-electron chi connectivity index (χ1n) is 7.54. The minimum atomic E-state index is 0.323. The number of benzene rings is 1. The Morgan fingerprint density at radius 3 is 2.67 bits per heavy atom. The second-order valence-corrected chi connectivity index (χ2v) is 5.88. The summed E-state index contributed by atoms with van der Waals surface area (Å²) >= 11 is 0. The van der Waals surface area contributed by atoms with Gasteiger partial charge in [-0.1, -0.05) is 17.7 Å².